The summed E-state index contributed by atoms with van der Waals surface area (Å²) in [7, 11) is 0. The number of carboxylic acid groups (broad SMARTS) is 1. The Bertz CT molecular complexity index is 218. The smallest absolute Gasteiger partial charge is 0.323 e. The number of carboxylic acids is 1. The van der Waals surface area contributed by atoms with E-state index < -0.39 is 12.0 Å². The van der Waals surface area contributed by atoms with Crippen LogP contribution in [-0.4, -0.2) is 47.4 Å². The minimum Gasteiger partial charge on any atom is -0.480 e. The van der Waals surface area contributed by atoms with Crippen LogP contribution >= 0.6 is 11.8 Å². The number of nitrogens with one attached hydrogen (secondary N) is 1. The second kappa shape index (κ2) is 4.08. The van der Waals surface area contributed by atoms with E-state index in [2.05, 4.69) is 5.32 Å². The Labute approximate surface area is 87.4 Å². The van der Waals surface area contributed by atoms with Crippen molar-refractivity contribution >= 4 is 17.7 Å². The average molecular weight is 217 g/mol. The fraction of sp³-hybridized carbons (Fsp3) is 0.889. The second-order valence-electron chi connectivity index (χ2n) is 3.88. The van der Waals surface area contributed by atoms with E-state index in [4.69, 9.17) is 9.84 Å². The number of hydrogen-bond acceptors (Lipinski definition) is 4. The van der Waals surface area contributed by atoms with Gasteiger partial charge in [0.25, 0.3) is 0 Å². The molecule has 1 atom stereocenters. The topological polar surface area (TPSA) is 58.6 Å². The third kappa shape index (κ3) is 2.04. The first kappa shape index (κ1) is 10.3. The van der Waals surface area contributed by atoms with Crippen LogP contribution in [0.15, 0.2) is 0 Å². The van der Waals surface area contributed by atoms with Gasteiger partial charge in [-0.25, -0.2) is 0 Å². The van der Waals surface area contributed by atoms with Crippen LogP contribution < -0.4 is 5.32 Å². The molecule has 0 aromatic carbocycles. The number of aliphatic carboxylic acids is 1. The summed E-state index contributed by atoms with van der Waals surface area (Å²) in [5.74, 6) is 1.43. The summed E-state index contributed by atoms with van der Waals surface area (Å²) >= 11 is 1.95. The molecule has 0 saturated carbocycles. The van der Waals surface area contributed by atoms with E-state index in [1.54, 1.807) is 0 Å². The van der Waals surface area contributed by atoms with Crippen molar-refractivity contribution < 1.29 is 14.6 Å². The largest absolute Gasteiger partial charge is 0.480 e. The summed E-state index contributed by atoms with van der Waals surface area (Å²) in [6, 6.07) is -0.518. The Morgan fingerprint density at radius 2 is 2.21 bits per heavy atom. The zero-order valence-electron chi connectivity index (χ0n) is 7.99. The predicted octanol–water partition coefficient (Wildman–Crippen LogP) is 0.325. The maximum absolute atomic E-state index is 10.7. The number of hydrogen-bond donors (Lipinski definition) is 2. The Hall–Kier alpha value is -0.260. The molecule has 2 rings (SSSR count). The van der Waals surface area contributed by atoms with Crippen molar-refractivity contribution in [3.8, 4) is 0 Å². The van der Waals surface area contributed by atoms with Crippen molar-refractivity contribution in [1.82, 2.24) is 5.32 Å². The van der Waals surface area contributed by atoms with Crippen LogP contribution in [-0.2, 0) is 9.53 Å². The van der Waals surface area contributed by atoms with E-state index >= 15 is 0 Å². The highest BCUT2D eigenvalue weighted by Crippen LogP contribution is 2.31. The van der Waals surface area contributed by atoms with Crippen molar-refractivity contribution in [3.63, 3.8) is 0 Å². The number of thioether (sulfide) groups is 1. The van der Waals surface area contributed by atoms with Crippen LogP contribution in [0.5, 0.6) is 0 Å². The Morgan fingerprint density at radius 1 is 1.50 bits per heavy atom. The van der Waals surface area contributed by atoms with Gasteiger partial charge in [-0.1, -0.05) is 0 Å². The van der Waals surface area contributed by atoms with Gasteiger partial charge in [0.2, 0.25) is 0 Å². The van der Waals surface area contributed by atoms with Crippen LogP contribution in [0.25, 0.3) is 0 Å². The van der Waals surface area contributed by atoms with Crippen LogP contribution in [0.2, 0.25) is 0 Å². The number of ether oxygens (including phenoxy) is 1. The molecule has 0 bridgehead atoms. The molecule has 2 heterocycles. The molecule has 0 amide bonds. The molecule has 0 radical (unpaired) electrons. The molecule has 80 valence electrons. The SMILES string of the molecule is O=C(O)C1COC2(CCSCC2)CN1. The standard InChI is InChI=1S/C9H15NO3S/c11-8(12)7-5-13-9(6-10-7)1-3-14-4-2-9/h7,10H,1-6H2,(H,11,12). The van der Waals surface area contributed by atoms with Crippen molar-refractivity contribution in [2.45, 2.75) is 24.5 Å². The zero-order valence-corrected chi connectivity index (χ0v) is 8.81. The summed E-state index contributed by atoms with van der Waals surface area (Å²) in [4.78, 5) is 10.7. The minimum absolute atomic E-state index is 0.0722. The quantitative estimate of drug-likeness (QED) is 0.662. The van der Waals surface area contributed by atoms with E-state index in [1.165, 1.54) is 0 Å². The van der Waals surface area contributed by atoms with Crippen LogP contribution in [0.3, 0.4) is 0 Å². The predicted molar refractivity (Wildman–Crippen MR) is 54.7 cm³/mol. The molecule has 2 saturated heterocycles. The van der Waals surface area contributed by atoms with E-state index in [1.807, 2.05) is 11.8 Å². The molecule has 2 fully saturated rings. The Morgan fingerprint density at radius 3 is 2.71 bits per heavy atom. The molecule has 1 unspecified atom stereocenters. The van der Waals surface area contributed by atoms with Crippen LogP contribution in [0, 0.1) is 0 Å². The highest BCUT2D eigenvalue weighted by molar-refractivity contribution is 7.99. The highest BCUT2D eigenvalue weighted by Gasteiger charge is 2.39. The van der Waals surface area contributed by atoms with Gasteiger partial charge >= 0.3 is 5.97 Å². The van der Waals surface area contributed by atoms with Crippen molar-refractivity contribution in [1.29, 1.82) is 0 Å². The van der Waals surface area contributed by atoms with Gasteiger partial charge in [-0.15, -0.1) is 0 Å². The van der Waals surface area contributed by atoms with E-state index in [0.29, 0.717) is 13.2 Å². The molecular weight excluding hydrogens is 202 g/mol. The molecule has 1 spiro atoms. The molecule has 4 nitrogen and oxygen atoms in total. The van der Waals surface area contributed by atoms with Crippen molar-refractivity contribution in [2.24, 2.45) is 0 Å². The lowest BCUT2D eigenvalue weighted by Crippen LogP contribution is -2.58. The molecular formula is C9H15NO3S. The maximum Gasteiger partial charge on any atom is 0.323 e. The van der Waals surface area contributed by atoms with Crippen LogP contribution in [0.4, 0.5) is 0 Å². The molecule has 2 aliphatic rings. The fourth-order valence-electron chi connectivity index (χ4n) is 1.90. The van der Waals surface area contributed by atoms with Crippen molar-refractivity contribution in [2.75, 3.05) is 24.7 Å². The Kier molecular flexibility index (Phi) is 2.99. The molecule has 0 aliphatic carbocycles. The number of carbonyl (C=O) groups is 1. The summed E-state index contributed by atoms with van der Waals surface area (Å²) in [6.07, 6.45) is 2.08. The summed E-state index contributed by atoms with van der Waals surface area (Å²) in [6.45, 7) is 0.991. The van der Waals surface area contributed by atoms with Gasteiger partial charge in [-0.2, -0.15) is 11.8 Å². The molecule has 0 aromatic rings. The summed E-state index contributed by atoms with van der Waals surface area (Å²) < 4.78 is 5.72. The molecule has 2 aliphatic heterocycles. The fourth-order valence-corrected chi connectivity index (χ4v) is 3.14. The highest BCUT2D eigenvalue weighted by atomic mass is 32.2. The lowest BCUT2D eigenvalue weighted by molar-refractivity contribution is -0.150. The normalized spacial score (nSPS) is 31.6. The minimum atomic E-state index is -0.815. The summed E-state index contributed by atoms with van der Waals surface area (Å²) in [5, 5.41) is 11.8. The van der Waals surface area contributed by atoms with E-state index in [9.17, 15) is 4.79 Å². The molecule has 0 aromatic heterocycles. The number of morpholine rings is 1. The second-order valence-corrected chi connectivity index (χ2v) is 5.10. The van der Waals surface area contributed by atoms with E-state index in [-0.39, 0.29) is 5.60 Å². The first-order chi connectivity index (χ1) is 6.72. The molecule has 14 heavy (non-hydrogen) atoms. The monoisotopic (exact) mass is 217 g/mol. The lowest BCUT2D eigenvalue weighted by Gasteiger charge is -2.42. The average Bonchev–Trinajstić information content (AvgIpc) is 2.19. The first-order valence-corrected chi connectivity index (χ1v) is 6.05. The molecule has 2 N–H and O–H groups in total. The van der Waals surface area contributed by atoms with E-state index in [0.717, 1.165) is 24.3 Å². The van der Waals surface area contributed by atoms with Gasteiger partial charge in [-0.05, 0) is 24.3 Å². The maximum atomic E-state index is 10.7. The lowest BCUT2D eigenvalue weighted by atomic mass is 9.94. The van der Waals surface area contributed by atoms with Gasteiger partial charge in [-0.3, -0.25) is 10.1 Å². The first-order valence-electron chi connectivity index (χ1n) is 4.90. The van der Waals surface area contributed by atoms with Gasteiger partial charge in [0.15, 0.2) is 0 Å². The van der Waals surface area contributed by atoms with Crippen molar-refractivity contribution in [3.05, 3.63) is 0 Å². The van der Waals surface area contributed by atoms with Gasteiger partial charge in [0.1, 0.15) is 6.04 Å². The van der Waals surface area contributed by atoms with Gasteiger partial charge in [0.05, 0.1) is 12.2 Å². The third-order valence-corrected chi connectivity index (χ3v) is 3.91. The Balaban J connectivity index is 1.90. The van der Waals surface area contributed by atoms with Gasteiger partial charge in [0, 0.05) is 6.54 Å². The van der Waals surface area contributed by atoms with Gasteiger partial charge < -0.3 is 9.84 Å². The zero-order chi connectivity index (χ0) is 10.0. The third-order valence-electron chi connectivity index (χ3n) is 2.93. The number of rotatable bonds is 1. The van der Waals surface area contributed by atoms with Crippen LogP contribution in [0.1, 0.15) is 12.8 Å². The summed E-state index contributed by atoms with van der Waals surface area (Å²) in [5.41, 5.74) is -0.0722. The molecule has 5 heteroatoms.